The van der Waals surface area contributed by atoms with Crippen molar-refractivity contribution in [3.63, 3.8) is 0 Å². The Labute approximate surface area is 163 Å². The van der Waals surface area contributed by atoms with E-state index in [1.165, 1.54) is 0 Å². The highest BCUT2D eigenvalue weighted by molar-refractivity contribution is 5.95. The van der Waals surface area contributed by atoms with Gasteiger partial charge in [0.15, 0.2) is 6.29 Å². The van der Waals surface area contributed by atoms with Crippen LogP contribution in [0.4, 0.5) is 0 Å². The molecule has 2 rings (SSSR count). The smallest absolute Gasteiger partial charge is 0.251 e. The van der Waals surface area contributed by atoms with Gasteiger partial charge >= 0.3 is 0 Å². The molecule has 0 bridgehead atoms. The summed E-state index contributed by atoms with van der Waals surface area (Å²) in [4.78, 5) is 12.2. The van der Waals surface area contributed by atoms with Crippen LogP contribution in [0.15, 0.2) is 24.3 Å². The molecule has 1 aromatic rings. The van der Waals surface area contributed by atoms with Gasteiger partial charge in [-0.2, -0.15) is 0 Å². The van der Waals surface area contributed by atoms with Crippen molar-refractivity contribution in [3.8, 4) is 0 Å². The molecule has 0 radical (unpaired) electrons. The van der Waals surface area contributed by atoms with Gasteiger partial charge in [-0.15, -0.1) is 0 Å². The second kappa shape index (κ2) is 11.4. The molecule has 1 amide bonds. The number of ether oxygens (including phenoxy) is 3. The molecule has 158 valence electrons. The maximum Gasteiger partial charge on any atom is 0.251 e. The Morgan fingerprint density at radius 1 is 1.11 bits per heavy atom. The number of carbonyl (C=O) groups excluding carboxylic acids is 1. The van der Waals surface area contributed by atoms with Gasteiger partial charge in [0, 0.05) is 12.1 Å². The number of carbonyl (C=O) groups is 1. The maximum absolute atomic E-state index is 12.2. The third kappa shape index (κ3) is 5.95. The van der Waals surface area contributed by atoms with Crippen LogP contribution in [0.2, 0.25) is 0 Å². The highest BCUT2D eigenvalue weighted by atomic mass is 16.7. The van der Waals surface area contributed by atoms with E-state index >= 15 is 0 Å². The van der Waals surface area contributed by atoms with E-state index in [-0.39, 0.29) is 25.7 Å². The van der Waals surface area contributed by atoms with Crippen LogP contribution in [-0.2, 0) is 20.6 Å². The van der Waals surface area contributed by atoms with Crippen LogP contribution in [0.3, 0.4) is 0 Å². The van der Waals surface area contributed by atoms with Gasteiger partial charge in [-0.25, -0.2) is 0 Å². The molecule has 1 aliphatic heterocycles. The molecular weight excluding hydrogens is 370 g/mol. The third-order valence-corrected chi connectivity index (χ3v) is 4.53. The number of aliphatic hydroxyl groups is 4. The van der Waals surface area contributed by atoms with E-state index in [4.69, 9.17) is 19.3 Å². The van der Waals surface area contributed by atoms with Gasteiger partial charge in [0.2, 0.25) is 0 Å². The van der Waals surface area contributed by atoms with Gasteiger partial charge in [-0.05, 0) is 18.1 Å². The zero-order chi connectivity index (χ0) is 20.5. The molecule has 0 aromatic heterocycles. The first-order chi connectivity index (χ1) is 13.5. The van der Waals surface area contributed by atoms with Crippen LogP contribution in [0.5, 0.6) is 0 Å². The van der Waals surface area contributed by atoms with E-state index in [0.717, 1.165) is 12.0 Å². The average molecular weight is 399 g/mol. The quantitative estimate of drug-likeness (QED) is 0.310. The number of hydrogen-bond acceptors (Lipinski definition) is 8. The molecule has 28 heavy (non-hydrogen) atoms. The predicted molar refractivity (Wildman–Crippen MR) is 98.7 cm³/mol. The van der Waals surface area contributed by atoms with Crippen molar-refractivity contribution in [3.05, 3.63) is 35.4 Å². The summed E-state index contributed by atoms with van der Waals surface area (Å²) in [5.41, 5.74) is 1.63. The lowest BCUT2D eigenvalue weighted by Gasteiger charge is -2.39. The van der Waals surface area contributed by atoms with Crippen molar-refractivity contribution in [1.29, 1.82) is 0 Å². The summed E-state index contributed by atoms with van der Waals surface area (Å²) in [7, 11) is 0. The summed E-state index contributed by atoms with van der Waals surface area (Å²) in [6, 6.07) is 7.42. The molecule has 0 spiro atoms. The van der Waals surface area contributed by atoms with Crippen molar-refractivity contribution in [1.82, 2.24) is 5.32 Å². The molecule has 0 unspecified atom stereocenters. The minimum Gasteiger partial charge on any atom is -0.394 e. The van der Waals surface area contributed by atoms with E-state index in [1.807, 2.05) is 25.1 Å². The van der Waals surface area contributed by atoms with Gasteiger partial charge in [0.05, 0.1) is 26.4 Å². The molecule has 0 saturated carbocycles. The second-order valence-corrected chi connectivity index (χ2v) is 6.45. The summed E-state index contributed by atoms with van der Waals surface area (Å²) in [6.07, 6.45) is -5.74. The summed E-state index contributed by atoms with van der Waals surface area (Å²) in [5, 5.41) is 41.1. The molecule has 1 fully saturated rings. The third-order valence-electron chi connectivity index (χ3n) is 4.53. The first-order valence-electron chi connectivity index (χ1n) is 9.35. The van der Waals surface area contributed by atoms with Crippen LogP contribution in [-0.4, -0.2) is 90.0 Å². The standard InChI is InChI=1S/C19H29NO8/c1-2-12-5-3-4-6-13(12)18(25)20-7-8-26-9-10-27-19-17(24)16(23)15(22)14(11-21)28-19/h3-6,14-17,19,21-24H,2,7-11H2,1H3,(H,20,25)/t14-,15-,16+,17-,19-/m1/s1. The maximum atomic E-state index is 12.2. The van der Waals surface area contributed by atoms with Gasteiger partial charge < -0.3 is 40.0 Å². The van der Waals surface area contributed by atoms with Crippen molar-refractivity contribution in [2.45, 2.75) is 44.1 Å². The Morgan fingerprint density at radius 3 is 2.57 bits per heavy atom. The van der Waals surface area contributed by atoms with Crippen molar-refractivity contribution < 1.29 is 39.4 Å². The first-order valence-corrected chi connectivity index (χ1v) is 9.35. The highest BCUT2D eigenvalue weighted by Gasteiger charge is 2.43. The van der Waals surface area contributed by atoms with Crippen LogP contribution in [0.1, 0.15) is 22.8 Å². The van der Waals surface area contributed by atoms with Crippen LogP contribution >= 0.6 is 0 Å². The first kappa shape index (κ1) is 22.7. The second-order valence-electron chi connectivity index (χ2n) is 6.45. The van der Waals surface area contributed by atoms with Crippen LogP contribution in [0.25, 0.3) is 0 Å². The molecule has 1 aromatic carbocycles. The fourth-order valence-electron chi connectivity index (χ4n) is 2.91. The zero-order valence-corrected chi connectivity index (χ0v) is 15.9. The van der Waals surface area contributed by atoms with Crippen molar-refractivity contribution in [2.24, 2.45) is 0 Å². The van der Waals surface area contributed by atoms with E-state index in [0.29, 0.717) is 12.1 Å². The monoisotopic (exact) mass is 399 g/mol. The summed E-state index contributed by atoms with van der Waals surface area (Å²) < 4.78 is 15.9. The molecule has 5 atom stereocenters. The highest BCUT2D eigenvalue weighted by Crippen LogP contribution is 2.21. The Balaban J connectivity index is 1.62. The molecule has 0 aliphatic carbocycles. The lowest BCUT2D eigenvalue weighted by Crippen LogP contribution is -2.59. The van der Waals surface area contributed by atoms with Gasteiger partial charge in [-0.1, -0.05) is 25.1 Å². The van der Waals surface area contributed by atoms with E-state index < -0.39 is 37.3 Å². The van der Waals surface area contributed by atoms with E-state index in [9.17, 15) is 20.1 Å². The van der Waals surface area contributed by atoms with E-state index in [2.05, 4.69) is 5.32 Å². The number of hydrogen-bond donors (Lipinski definition) is 5. The Morgan fingerprint density at radius 2 is 1.86 bits per heavy atom. The molecule has 1 saturated heterocycles. The summed E-state index contributed by atoms with van der Waals surface area (Å²) in [5.74, 6) is -0.154. The number of amides is 1. The van der Waals surface area contributed by atoms with Crippen molar-refractivity contribution >= 4 is 5.91 Å². The minimum atomic E-state index is -1.47. The van der Waals surface area contributed by atoms with Crippen molar-refractivity contribution in [2.75, 3.05) is 33.0 Å². The van der Waals surface area contributed by atoms with Crippen LogP contribution in [0, 0.1) is 0 Å². The average Bonchev–Trinajstić information content (AvgIpc) is 2.72. The minimum absolute atomic E-state index is 0.0648. The number of aliphatic hydroxyl groups excluding tert-OH is 4. The molecule has 9 nitrogen and oxygen atoms in total. The topological polar surface area (TPSA) is 138 Å². The largest absolute Gasteiger partial charge is 0.394 e. The number of rotatable bonds is 10. The SMILES string of the molecule is CCc1ccccc1C(=O)NCCOCCO[C@@H]1O[C@H](CO)[C@@H](O)[C@H](O)[C@H]1O. The lowest BCUT2D eigenvalue weighted by molar-refractivity contribution is -0.302. The number of nitrogens with one attached hydrogen (secondary N) is 1. The zero-order valence-electron chi connectivity index (χ0n) is 15.9. The van der Waals surface area contributed by atoms with Gasteiger partial charge in [0.1, 0.15) is 24.4 Å². The summed E-state index contributed by atoms with van der Waals surface area (Å²) in [6.45, 7) is 2.33. The van der Waals surface area contributed by atoms with E-state index in [1.54, 1.807) is 6.07 Å². The summed E-state index contributed by atoms with van der Waals surface area (Å²) >= 11 is 0. The fourth-order valence-corrected chi connectivity index (χ4v) is 2.91. The Bertz CT molecular complexity index is 611. The number of benzene rings is 1. The van der Waals surface area contributed by atoms with Gasteiger partial charge in [-0.3, -0.25) is 4.79 Å². The van der Waals surface area contributed by atoms with Crippen LogP contribution < -0.4 is 5.32 Å². The molecule has 9 heteroatoms. The Hall–Kier alpha value is -1.59. The molecule has 1 aliphatic rings. The predicted octanol–water partition coefficient (Wildman–Crippen LogP) is -1.19. The normalized spacial score (nSPS) is 27.5. The van der Waals surface area contributed by atoms with Gasteiger partial charge in [0.25, 0.3) is 5.91 Å². The molecular formula is C19H29NO8. The lowest BCUT2D eigenvalue weighted by atomic mass is 9.99. The Kier molecular flexibility index (Phi) is 9.26. The number of aryl methyl sites for hydroxylation is 1. The molecule has 1 heterocycles. The fraction of sp³-hybridized carbons (Fsp3) is 0.632. The molecule has 5 N–H and O–H groups in total.